The summed E-state index contributed by atoms with van der Waals surface area (Å²) in [5.41, 5.74) is 0.380. The van der Waals surface area contributed by atoms with E-state index in [4.69, 9.17) is 4.74 Å². The molecule has 0 spiro atoms. The minimum Gasteiger partial charge on any atom is -0.467 e. The van der Waals surface area contributed by atoms with Crippen LogP contribution in [0, 0.1) is 0 Å². The molecule has 0 aliphatic heterocycles. The second-order valence-electron chi connectivity index (χ2n) is 9.59. The summed E-state index contributed by atoms with van der Waals surface area (Å²) in [6.45, 7) is 2.67. The van der Waals surface area contributed by atoms with Crippen LogP contribution in [0.5, 0.6) is 0 Å². The van der Waals surface area contributed by atoms with Crippen molar-refractivity contribution >= 4 is 17.8 Å². The lowest BCUT2D eigenvalue weighted by atomic mass is 10.1. The van der Waals surface area contributed by atoms with Crippen LogP contribution in [-0.2, 0) is 14.3 Å². The molecule has 0 fully saturated rings. The number of nitrogens with one attached hydrogen (secondary N) is 2. The SMILES string of the molecule is CCC=CCC=CCC=CCC=CCC=CCC=CCCC(=O)NCCCCC(NC(=O)c1cccnc1)C(=O)OC. The number of esters is 1. The molecule has 2 amide bonds. The molecule has 0 aliphatic rings. The first-order valence-corrected chi connectivity index (χ1v) is 15.0. The molecule has 7 heteroatoms. The predicted octanol–water partition coefficient (Wildman–Crippen LogP) is 7.12. The largest absolute Gasteiger partial charge is 0.467 e. The molecule has 1 aromatic rings. The maximum atomic E-state index is 12.3. The number of aromatic nitrogens is 1. The van der Waals surface area contributed by atoms with E-state index in [1.54, 1.807) is 18.3 Å². The normalized spacial score (nSPS) is 12.8. The lowest BCUT2D eigenvalue weighted by molar-refractivity contribution is -0.143. The van der Waals surface area contributed by atoms with Crippen molar-refractivity contribution in [3.63, 3.8) is 0 Å². The topological polar surface area (TPSA) is 97.4 Å². The average molecular weight is 576 g/mol. The monoisotopic (exact) mass is 575 g/mol. The summed E-state index contributed by atoms with van der Waals surface area (Å²) in [7, 11) is 1.30. The fourth-order valence-corrected chi connectivity index (χ4v) is 3.77. The number of allylic oxidation sites excluding steroid dienone is 12. The summed E-state index contributed by atoms with van der Waals surface area (Å²) in [4.78, 5) is 40.4. The molecule has 1 unspecified atom stereocenters. The summed E-state index contributed by atoms with van der Waals surface area (Å²) in [6.07, 6.45) is 37.7. The Balaban J connectivity index is 2.08. The Morgan fingerprint density at radius 2 is 1.40 bits per heavy atom. The van der Waals surface area contributed by atoms with Crippen LogP contribution in [0.25, 0.3) is 0 Å². The van der Waals surface area contributed by atoms with Crippen LogP contribution in [0.4, 0.5) is 0 Å². The van der Waals surface area contributed by atoms with Crippen LogP contribution in [0.15, 0.2) is 97.4 Å². The first kappa shape index (κ1) is 36.0. The number of hydrogen-bond acceptors (Lipinski definition) is 5. The van der Waals surface area contributed by atoms with Gasteiger partial charge in [-0.2, -0.15) is 0 Å². The Morgan fingerprint density at radius 3 is 1.93 bits per heavy atom. The van der Waals surface area contributed by atoms with Crippen LogP contribution >= 0.6 is 0 Å². The van der Waals surface area contributed by atoms with Gasteiger partial charge in [0.1, 0.15) is 6.04 Å². The molecule has 1 heterocycles. The Hall–Kier alpha value is -4.00. The first-order valence-electron chi connectivity index (χ1n) is 15.0. The Labute approximate surface area is 252 Å². The van der Waals surface area contributed by atoms with Crippen molar-refractivity contribution in [3.8, 4) is 0 Å². The highest BCUT2D eigenvalue weighted by atomic mass is 16.5. The molecular weight excluding hydrogens is 526 g/mol. The van der Waals surface area contributed by atoms with Gasteiger partial charge in [-0.25, -0.2) is 4.79 Å². The van der Waals surface area contributed by atoms with E-state index >= 15 is 0 Å². The van der Waals surface area contributed by atoms with Crippen LogP contribution in [0.2, 0.25) is 0 Å². The third-order valence-corrected chi connectivity index (χ3v) is 6.09. The number of unbranched alkanes of at least 4 members (excludes halogenated alkanes) is 1. The predicted molar refractivity (Wildman–Crippen MR) is 172 cm³/mol. The van der Waals surface area contributed by atoms with Crippen molar-refractivity contribution in [2.24, 2.45) is 0 Å². The van der Waals surface area contributed by atoms with Gasteiger partial charge in [-0.05, 0) is 76.3 Å². The molecule has 0 aliphatic carbocycles. The molecule has 0 radical (unpaired) electrons. The minimum absolute atomic E-state index is 0.00364. The fraction of sp³-hybridized carbons (Fsp3) is 0.429. The molecule has 228 valence electrons. The molecule has 0 saturated carbocycles. The Bertz CT molecular complexity index is 1060. The standard InChI is InChI=1S/C35H49N3O4/c1-3-4-5-6-7-8-9-10-11-12-13-14-15-16-17-18-19-20-21-27-33(39)37-29-23-22-26-32(35(41)42-2)38-34(40)31-25-24-28-36-30-31/h4-5,7-8,10-11,13-14,16-17,19-20,24-25,28,30,32H,3,6,9,12,15,18,21-23,26-27,29H2,1-2H3,(H,37,39)(H,38,40). The number of hydrogen-bond donors (Lipinski definition) is 2. The van der Waals surface area contributed by atoms with Gasteiger partial charge in [0.2, 0.25) is 5.91 Å². The molecular formula is C35H49N3O4. The van der Waals surface area contributed by atoms with Crippen LogP contribution in [0.3, 0.4) is 0 Å². The van der Waals surface area contributed by atoms with Crippen molar-refractivity contribution in [2.45, 2.75) is 83.6 Å². The maximum Gasteiger partial charge on any atom is 0.328 e. The number of methoxy groups -OCH3 is 1. The summed E-state index contributed by atoms with van der Waals surface area (Å²) in [5.74, 6) is -0.863. The van der Waals surface area contributed by atoms with E-state index in [-0.39, 0.29) is 11.8 Å². The van der Waals surface area contributed by atoms with E-state index in [0.29, 0.717) is 44.2 Å². The average Bonchev–Trinajstić information content (AvgIpc) is 3.01. The zero-order valence-electron chi connectivity index (χ0n) is 25.4. The van der Waals surface area contributed by atoms with Crippen molar-refractivity contribution in [1.82, 2.24) is 15.6 Å². The smallest absolute Gasteiger partial charge is 0.328 e. The molecule has 0 aromatic carbocycles. The van der Waals surface area contributed by atoms with Gasteiger partial charge < -0.3 is 15.4 Å². The lowest BCUT2D eigenvalue weighted by Crippen LogP contribution is -2.41. The summed E-state index contributed by atoms with van der Waals surface area (Å²) in [5, 5.41) is 5.61. The number of carbonyl (C=O) groups excluding carboxylic acids is 3. The third kappa shape index (κ3) is 20.0. The molecule has 1 aromatic heterocycles. The molecule has 0 saturated heterocycles. The van der Waals surface area contributed by atoms with Gasteiger partial charge in [0.25, 0.3) is 5.91 Å². The van der Waals surface area contributed by atoms with E-state index in [2.05, 4.69) is 89.4 Å². The van der Waals surface area contributed by atoms with E-state index in [1.807, 2.05) is 6.08 Å². The molecule has 0 bridgehead atoms. The zero-order valence-corrected chi connectivity index (χ0v) is 25.4. The highest BCUT2D eigenvalue weighted by molar-refractivity contribution is 5.96. The van der Waals surface area contributed by atoms with Gasteiger partial charge in [0, 0.05) is 25.4 Å². The van der Waals surface area contributed by atoms with Crippen molar-refractivity contribution in [3.05, 3.63) is 103 Å². The molecule has 2 N–H and O–H groups in total. The second kappa shape index (κ2) is 25.9. The van der Waals surface area contributed by atoms with Gasteiger partial charge in [0.15, 0.2) is 0 Å². The van der Waals surface area contributed by atoms with Crippen molar-refractivity contribution < 1.29 is 19.1 Å². The van der Waals surface area contributed by atoms with Crippen LogP contribution in [0.1, 0.15) is 87.9 Å². The van der Waals surface area contributed by atoms with Crippen LogP contribution in [-0.4, -0.2) is 42.5 Å². The highest BCUT2D eigenvalue weighted by Crippen LogP contribution is 2.05. The third-order valence-electron chi connectivity index (χ3n) is 6.09. The number of nitrogens with zero attached hydrogens (tertiary/aromatic N) is 1. The zero-order chi connectivity index (χ0) is 30.5. The minimum atomic E-state index is -0.744. The van der Waals surface area contributed by atoms with Crippen molar-refractivity contribution in [2.75, 3.05) is 13.7 Å². The molecule has 1 atom stereocenters. The molecule has 7 nitrogen and oxygen atoms in total. The van der Waals surface area contributed by atoms with Gasteiger partial charge in [-0.15, -0.1) is 0 Å². The van der Waals surface area contributed by atoms with Gasteiger partial charge in [0.05, 0.1) is 12.7 Å². The number of amides is 2. The fourth-order valence-electron chi connectivity index (χ4n) is 3.77. The van der Waals surface area contributed by atoms with Crippen LogP contribution < -0.4 is 10.6 Å². The number of rotatable bonds is 22. The first-order chi connectivity index (χ1) is 20.6. The quantitative estimate of drug-likeness (QED) is 0.0872. The molecule has 42 heavy (non-hydrogen) atoms. The number of ether oxygens (including phenoxy) is 1. The van der Waals surface area contributed by atoms with E-state index in [1.165, 1.54) is 13.3 Å². The van der Waals surface area contributed by atoms with E-state index in [9.17, 15) is 14.4 Å². The lowest BCUT2D eigenvalue weighted by Gasteiger charge is -2.16. The van der Waals surface area contributed by atoms with Crippen molar-refractivity contribution in [1.29, 1.82) is 0 Å². The maximum absolute atomic E-state index is 12.3. The summed E-state index contributed by atoms with van der Waals surface area (Å²) in [6, 6.07) is 2.55. The highest BCUT2D eigenvalue weighted by Gasteiger charge is 2.21. The Morgan fingerprint density at radius 1 is 0.833 bits per heavy atom. The molecule has 1 rings (SSSR count). The Kier molecular flexibility index (Phi) is 22.2. The van der Waals surface area contributed by atoms with E-state index in [0.717, 1.165) is 38.5 Å². The number of pyridine rings is 1. The summed E-state index contributed by atoms with van der Waals surface area (Å²) >= 11 is 0. The van der Waals surface area contributed by atoms with Gasteiger partial charge in [-0.1, -0.05) is 79.8 Å². The summed E-state index contributed by atoms with van der Waals surface area (Å²) < 4.78 is 4.82. The number of carbonyl (C=O) groups is 3. The van der Waals surface area contributed by atoms with E-state index < -0.39 is 12.0 Å². The van der Waals surface area contributed by atoms with Gasteiger partial charge >= 0.3 is 5.97 Å². The van der Waals surface area contributed by atoms with Gasteiger partial charge in [-0.3, -0.25) is 14.6 Å². The second-order valence-corrected chi connectivity index (χ2v) is 9.59.